The van der Waals surface area contributed by atoms with E-state index >= 15 is 0 Å². The summed E-state index contributed by atoms with van der Waals surface area (Å²) in [5.74, 6) is 0.403. The van der Waals surface area contributed by atoms with Gasteiger partial charge >= 0.3 is 0 Å². The van der Waals surface area contributed by atoms with Crippen molar-refractivity contribution in [3.63, 3.8) is 0 Å². The minimum Gasteiger partial charge on any atom is -0.494 e. The fraction of sp³-hybridized carbons (Fsp3) is 0.500. The summed E-state index contributed by atoms with van der Waals surface area (Å²) in [6.07, 6.45) is 5.25. The lowest BCUT2D eigenvalue weighted by molar-refractivity contribution is -0.133. The Balaban J connectivity index is 1.44. The Morgan fingerprint density at radius 1 is 1.24 bits per heavy atom. The Bertz CT molecular complexity index is 886. The number of nitrogens with zero attached hydrogens (tertiary/aromatic N) is 3. The molecule has 7 nitrogen and oxygen atoms in total. The molecule has 1 aromatic heterocycles. The fourth-order valence-electron chi connectivity index (χ4n) is 3.68. The smallest absolute Gasteiger partial charge is 0.231 e. The first-order chi connectivity index (χ1) is 14.0. The number of rotatable bonds is 7. The van der Waals surface area contributed by atoms with Crippen LogP contribution in [0.5, 0.6) is 5.75 Å². The quantitative estimate of drug-likeness (QED) is 0.778. The van der Waals surface area contributed by atoms with Gasteiger partial charge in [-0.1, -0.05) is 19.1 Å². The highest BCUT2D eigenvalue weighted by atomic mass is 16.5. The van der Waals surface area contributed by atoms with Gasteiger partial charge in [0.1, 0.15) is 5.75 Å². The third-order valence-electron chi connectivity index (χ3n) is 5.38. The summed E-state index contributed by atoms with van der Waals surface area (Å²) in [5, 5.41) is 7.56. The summed E-state index contributed by atoms with van der Waals surface area (Å²) in [6.45, 7) is 3.62. The van der Waals surface area contributed by atoms with Crippen molar-refractivity contribution in [1.82, 2.24) is 20.0 Å². The zero-order valence-electron chi connectivity index (χ0n) is 17.1. The monoisotopic (exact) mass is 396 g/mol. The molecule has 1 N–H and O–H groups in total. The van der Waals surface area contributed by atoms with Gasteiger partial charge < -0.3 is 15.0 Å². The van der Waals surface area contributed by atoms with Gasteiger partial charge in [0.05, 0.1) is 24.6 Å². The van der Waals surface area contributed by atoms with Crippen molar-refractivity contribution in [3.8, 4) is 5.75 Å². The Morgan fingerprint density at radius 2 is 2.00 bits per heavy atom. The third-order valence-corrected chi connectivity index (χ3v) is 5.38. The molecule has 2 aromatic rings. The van der Waals surface area contributed by atoms with Crippen molar-refractivity contribution in [2.45, 2.75) is 51.1 Å². The molecule has 1 saturated carbocycles. The molecule has 0 spiro atoms. The van der Waals surface area contributed by atoms with Crippen LogP contribution in [-0.2, 0) is 29.6 Å². The topological polar surface area (TPSA) is 76.5 Å². The number of nitrogens with one attached hydrogen (secondary N) is 1. The molecular formula is C22H28N4O3. The molecule has 1 aromatic carbocycles. The fourth-order valence-corrected chi connectivity index (χ4v) is 3.68. The third kappa shape index (κ3) is 4.60. The first-order valence-electron chi connectivity index (χ1n) is 10.4. The molecule has 2 aliphatic rings. The average Bonchev–Trinajstić information content (AvgIpc) is 3.44. The summed E-state index contributed by atoms with van der Waals surface area (Å²) in [4.78, 5) is 27.5. The van der Waals surface area contributed by atoms with E-state index in [9.17, 15) is 9.59 Å². The predicted octanol–water partition coefficient (Wildman–Crippen LogP) is 2.16. The van der Waals surface area contributed by atoms with E-state index in [0.717, 1.165) is 41.8 Å². The van der Waals surface area contributed by atoms with Crippen LogP contribution in [0.3, 0.4) is 0 Å². The molecule has 7 heteroatoms. The van der Waals surface area contributed by atoms with Gasteiger partial charge in [-0.15, -0.1) is 0 Å². The maximum atomic E-state index is 13.0. The van der Waals surface area contributed by atoms with E-state index in [0.29, 0.717) is 26.1 Å². The molecule has 154 valence electrons. The molecular weight excluding hydrogens is 368 g/mol. The van der Waals surface area contributed by atoms with Crippen LogP contribution < -0.4 is 10.1 Å². The number of benzene rings is 1. The van der Waals surface area contributed by atoms with E-state index < -0.39 is 5.92 Å². The molecule has 29 heavy (non-hydrogen) atoms. The van der Waals surface area contributed by atoms with E-state index in [2.05, 4.69) is 17.3 Å². The molecule has 1 atom stereocenters. The van der Waals surface area contributed by atoms with E-state index in [1.165, 1.54) is 0 Å². The van der Waals surface area contributed by atoms with Gasteiger partial charge in [-0.25, -0.2) is 0 Å². The number of hydrogen-bond acceptors (Lipinski definition) is 4. The van der Waals surface area contributed by atoms with E-state index in [-0.39, 0.29) is 17.9 Å². The number of aryl methyl sites for hydroxylation is 1. The van der Waals surface area contributed by atoms with Crippen molar-refractivity contribution < 1.29 is 14.3 Å². The van der Waals surface area contributed by atoms with Crippen molar-refractivity contribution >= 4 is 11.8 Å². The summed E-state index contributed by atoms with van der Waals surface area (Å²) < 4.78 is 7.33. The second-order valence-corrected chi connectivity index (χ2v) is 7.99. The lowest BCUT2D eigenvalue weighted by atomic mass is 9.95. The SMILES string of the molecule is CCCOc1ccc(CC(=O)N2Cc3cn(C)nc3[C@@H](C(=O)NC3CC3)C2)cc1. The lowest BCUT2D eigenvalue weighted by Gasteiger charge is -2.31. The van der Waals surface area contributed by atoms with Crippen molar-refractivity contribution in [1.29, 1.82) is 0 Å². The van der Waals surface area contributed by atoms with Gasteiger partial charge in [0.15, 0.2) is 0 Å². The number of aromatic nitrogens is 2. The molecule has 1 fully saturated rings. The molecule has 0 saturated heterocycles. The highest BCUT2D eigenvalue weighted by Crippen LogP contribution is 2.29. The van der Waals surface area contributed by atoms with Crippen LogP contribution in [-0.4, -0.2) is 45.7 Å². The van der Waals surface area contributed by atoms with Gasteiger partial charge in [-0.2, -0.15) is 5.10 Å². The molecule has 0 unspecified atom stereocenters. The van der Waals surface area contributed by atoms with Crippen LogP contribution in [0.2, 0.25) is 0 Å². The Hall–Kier alpha value is -2.83. The largest absolute Gasteiger partial charge is 0.494 e. The number of hydrogen-bond donors (Lipinski definition) is 1. The number of ether oxygens (including phenoxy) is 1. The van der Waals surface area contributed by atoms with E-state index in [1.54, 1.807) is 9.58 Å². The highest BCUT2D eigenvalue weighted by Gasteiger charge is 2.37. The average molecular weight is 396 g/mol. The number of fused-ring (bicyclic) bond motifs is 1. The maximum absolute atomic E-state index is 13.0. The molecule has 1 aliphatic heterocycles. The predicted molar refractivity (Wildman–Crippen MR) is 108 cm³/mol. The van der Waals surface area contributed by atoms with E-state index in [1.807, 2.05) is 37.5 Å². The maximum Gasteiger partial charge on any atom is 0.231 e. The second kappa shape index (κ2) is 8.27. The lowest BCUT2D eigenvalue weighted by Crippen LogP contribution is -2.44. The van der Waals surface area contributed by atoms with Gasteiger partial charge in [-0.3, -0.25) is 14.3 Å². The Morgan fingerprint density at radius 3 is 2.69 bits per heavy atom. The minimum atomic E-state index is -0.408. The highest BCUT2D eigenvalue weighted by molar-refractivity contribution is 5.86. The van der Waals surface area contributed by atoms with Crippen molar-refractivity contribution in [3.05, 3.63) is 47.3 Å². The normalized spacial score (nSPS) is 18.3. The summed E-state index contributed by atoms with van der Waals surface area (Å²) in [7, 11) is 1.85. The first-order valence-corrected chi connectivity index (χ1v) is 10.4. The molecule has 1 aliphatic carbocycles. The summed E-state index contributed by atoms with van der Waals surface area (Å²) in [5.41, 5.74) is 2.69. The van der Waals surface area contributed by atoms with Crippen LogP contribution in [0.4, 0.5) is 0 Å². The van der Waals surface area contributed by atoms with Crippen LogP contribution in [0, 0.1) is 0 Å². The Labute approximate surface area is 171 Å². The number of amides is 2. The van der Waals surface area contributed by atoms with E-state index in [4.69, 9.17) is 4.74 Å². The molecule has 2 heterocycles. The van der Waals surface area contributed by atoms with Gasteiger partial charge in [-0.05, 0) is 37.0 Å². The standard InChI is InChI=1S/C22H28N4O3/c1-3-10-29-18-8-4-15(5-9-18)11-20(27)26-13-16-12-25(2)24-21(16)19(14-26)22(28)23-17-6-7-17/h4-5,8-9,12,17,19H,3,6-7,10-11,13-14H2,1-2H3,(H,23,28)/t19-/m0/s1. The molecule has 2 amide bonds. The number of carbonyl (C=O) groups is 2. The van der Waals surface area contributed by atoms with Crippen LogP contribution in [0.1, 0.15) is 48.9 Å². The minimum absolute atomic E-state index is 0.0194. The first kappa shape index (κ1) is 19.5. The van der Waals surface area contributed by atoms with Gasteiger partial charge in [0, 0.05) is 37.9 Å². The second-order valence-electron chi connectivity index (χ2n) is 7.99. The van der Waals surface area contributed by atoms with Crippen LogP contribution >= 0.6 is 0 Å². The van der Waals surface area contributed by atoms with Crippen LogP contribution in [0.15, 0.2) is 30.5 Å². The van der Waals surface area contributed by atoms with Gasteiger partial charge in [0.25, 0.3) is 0 Å². The zero-order valence-corrected chi connectivity index (χ0v) is 17.1. The van der Waals surface area contributed by atoms with Crippen molar-refractivity contribution in [2.24, 2.45) is 7.05 Å². The zero-order chi connectivity index (χ0) is 20.4. The molecule has 4 rings (SSSR count). The van der Waals surface area contributed by atoms with Crippen molar-refractivity contribution in [2.75, 3.05) is 13.2 Å². The summed E-state index contributed by atoms with van der Waals surface area (Å²) in [6, 6.07) is 7.95. The molecule has 0 radical (unpaired) electrons. The number of carbonyl (C=O) groups excluding carboxylic acids is 2. The molecule has 0 bridgehead atoms. The Kier molecular flexibility index (Phi) is 5.56. The van der Waals surface area contributed by atoms with Gasteiger partial charge in [0.2, 0.25) is 11.8 Å². The van der Waals surface area contributed by atoms with Crippen LogP contribution in [0.25, 0.3) is 0 Å². The summed E-state index contributed by atoms with van der Waals surface area (Å²) >= 11 is 0.